The normalized spacial score (nSPS) is 14.8. The number of carbonyl (C=O) groups excluding carboxylic acids is 1. The lowest BCUT2D eigenvalue weighted by molar-refractivity contribution is 0.0824. The third-order valence-corrected chi connectivity index (χ3v) is 5.66. The molecule has 0 unspecified atom stereocenters. The number of amides is 1. The summed E-state index contributed by atoms with van der Waals surface area (Å²) < 4.78 is 1.62. The van der Waals surface area contributed by atoms with Crippen molar-refractivity contribution in [2.45, 2.75) is 31.2 Å². The lowest BCUT2D eigenvalue weighted by Crippen LogP contribution is -2.53. The van der Waals surface area contributed by atoms with Crippen LogP contribution in [0.4, 0.5) is 5.69 Å². The Bertz CT molecular complexity index is 1340. The molecule has 1 saturated carbocycles. The minimum absolute atomic E-state index is 0.243. The Morgan fingerprint density at radius 1 is 1.37 bits per heavy atom. The van der Waals surface area contributed by atoms with Gasteiger partial charge in [-0.25, -0.2) is 14.5 Å². The number of hydrogen-bond donors (Lipinski definition) is 3. The number of aromatic nitrogens is 5. The summed E-state index contributed by atoms with van der Waals surface area (Å²) in [6, 6.07) is 6.98. The maximum Gasteiger partial charge on any atom is 0.287 e. The van der Waals surface area contributed by atoms with Gasteiger partial charge >= 0.3 is 0 Å². The SMILES string of the molecule is Nc1ccnn2c(C#CCC3(NC(=O)c4nc5ccc(Cl)cc5[nH]4)CCC3)cnc12. The molecular formula is C21H18ClN7O. The van der Waals surface area contributed by atoms with Crippen molar-refractivity contribution >= 4 is 39.9 Å². The second-order valence-corrected chi connectivity index (χ2v) is 7.92. The third kappa shape index (κ3) is 3.23. The van der Waals surface area contributed by atoms with E-state index in [1.54, 1.807) is 41.2 Å². The Hall–Kier alpha value is -3.57. The number of nitrogens with zero attached hydrogens (tertiary/aromatic N) is 4. The zero-order valence-electron chi connectivity index (χ0n) is 15.9. The van der Waals surface area contributed by atoms with Crippen LogP contribution in [-0.2, 0) is 0 Å². The quantitative estimate of drug-likeness (QED) is 0.442. The monoisotopic (exact) mass is 419 g/mol. The fourth-order valence-corrected chi connectivity index (χ4v) is 3.81. The minimum Gasteiger partial charge on any atom is -0.396 e. The second kappa shape index (κ2) is 7.04. The molecule has 0 radical (unpaired) electrons. The summed E-state index contributed by atoms with van der Waals surface area (Å²) in [5.74, 6) is 6.31. The number of imidazole rings is 2. The van der Waals surface area contributed by atoms with Crippen molar-refractivity contribution < 1.29 is 4.79 Å². The number of nitrogen functional groups attached to an aromatic ring is 1. The highest BCUT2D eigenvalue weighted by Gasteiger charge is 2.38. The highest BCUT2D eigenvalue weighted by molar-refractivity contribution is 6.31. The fraction of sp³-hybridized carbons (Fsp3) is 0.238. The highest BCUT2D eigenvalue weighted by Crippen LogP contribution is 2.35. The predicted molar refractivity (Wildman–Crippen MR) is 114 cm³/mol. The number of fused-ring (bicyclic) bond motifs is 2. The maximum absolute atomic E-state index is 12.8. The number of hydrogen-bond acceptors (Lipinski definition) is 5. The molecule has 0 aliphatic heterocycles. The molecule has 5 rings (SSSR count). The van der Waals surface area contributed by atoms with Gasteiger partial charge in [-0.3, -0.25) is 4.79 Å². The Labute approximate surface area is 176 Å². The number of H-pyrrole nitrogens is 1. The molecule has 1 amide bonds. The lowest BCUT2D eigenvalue weighted by atomic mass is 9.74. The fourth-order valence-electron chi connectivity index (χ4n) is 3.64. The number of rotatable bonds is 3. The van der Waals surface area contributed by atoms with Crippen molar-refractivity contribution in [2.24, 2.45) is 0 Å². The van der Waals surface area contributed by atoms with Crippen LogP contribution in [-0.4, -0.2) is 36.0 Å². The van der Waals surface area contributed by atoms with Crippen molar-refractivity contribution in [3.63, 3.8) is 0 Å². The molecule has 30 heavy (non-hydrogen) atoms. The summed E-state index contributed by atoms with van der Waals surface area (Å²) in [6.07, 6.45) is 6.59. The first kappa shape index (κ1) is 18.5. The Kier molecular flexibility index (Phi) is 4.33. The van der Waals surface area contributed by atoms with E-state index in [-0.39, 0.29) is 17.3 Å². The van der Waals surface area contributed by atoms with Gasteiger partial charge in [-0.1, -0.05) is 17.5 Å². The molecule has 3 heterocycles. The smallest absolute Gasteiger partial charge is 0.287 e. The van der Waals surface area contributed by atoms with Crippen LogP contribution in [0.1, 0.15) is 42.0 Å². The zero-order chi connectivity index (χ0) is 20.7. The van der Waals surface area contributed by atoms with Crippen LogP contribution in [0.5, 0.6) is 0 Å². The molecule has 150 valence electrons. The molecule has 1 aromatic carbocycles. The largest absolute Gasteiger partial charge is 0.396 e. The third-order valence-electron chi connectivity index (χ3n) is 5.42. The summed E-state index contributed by atoms with van der Waals surface area (Å²) >= 11 is 6.01. The van der Waals surface area contributed by atoms with Gasteiger partial charge in [0.2, 0.25) is 0 Å². The topological polar surface area (TPSA) is 114 Å². The molecule has 4 aromatic rings. The average Bonchev–Trinajstić information content (AvgIpc) is 3.30. The van der Waals surface area contributed by atoms with Crippen molar-refractivity contribution in [3.05, 3.63) is 53.2 Å². The van der Waals surface area contributed by atoms with Crippen LogP contribution in [0.25, 0.3) is 16.7 Å². The van der Waals surface area contributed by atoms with Crippen LogP contribution < -0.4 is 11.1 Å². The average molecular weight is 420 g/mol. The van der Waals surface area contributed by atoms with E-state index in [4.69, 9.17) is 17.3 Å². The van der Waals surface area contributed by atoms with E-state index in [2.05, 4.69) is 37.2 Å². The van der Waals surface area contributed by atoms with Crippen LogP contribution >= 0.6 is 11.6 Å². The molecule has 0 bridgehead atoms. The van der Waals surface area contributed by atoms with Gasteiger partial charge in [0.15, 0.2) is 11.5 Å². The first-order chi connectivity index (χ1) is 14.5. The van der Waals surface area contributed by atoms with E-state index >= 15 is 0 Å². The van der Waals surface area contributed by atoms with Crippen molar-refractivity contribution in [2.75, 3.05) is 5.73 Å². The summed E-state index contributed by atoms with van der Waals surface area (Å²) in [5, 5.41) is 7.96. The molecule has 1 aliphatic rings. The van der Waals surface area contributed by atoms with E-state index in [1.165, 1.54) is 0 Å². The number of halogens is 1. The molecule has 0 spiro atoms. The van der Waals surface area contributed by atoms with Gasteiger partial charge in [-0.05, 0) is 49.4 Å². The van der Waals surface area contributed by atoms with Crippen molar-refractivity contribution in [3.8, 4) is 11.8 Å². The Morgan fingerprint density at radius 3 is 3.03 bits per heavy atom. The summed E-state index contributed by atoms with van der Waals surface area (Å²) in [6.45, 7) is 0. The van der Waals surface area contributed by atoms with Gasteiger partial charge in [-0.2, -0.15) is 5.10 Å². The van der Waals surface area contributed by atoms with Crippen molar-refractivity contribution in [1.29, 1.82) is 0 Å². The molecule has 1 fully saturated rings. The summed E-state index contributed by atoms with van der Waals surface area (Å²) in [7, 11) is 0. The number of anilines is 1. The standard InChI is InChI=1S/C21H18ClN7O/c22-13-4-5-16-17(11-13)27-18(26-16)20(30)28-21(8-2-9-21)7-1-3-14-12-24-19-15(23)6-10-25-29(14)19/h4-6,10-12H,2,7-9,23H2,(H,26,27)(H,28,30). The van der Waals surface area contributed by atoms with Crippen LogP contribution in [0, 0.1) is 11.8 Å². The van der Waals surface area contributed by atoms with Crippen LogP contribution in [0.2, 0.25) is 5.02 Å². The number of aromatic amines is 1. The summed E-state index contributed by atoms with van der Waals surface area (Å²) in [4.78, 5) is 24.5. The number of nitrogens with two attached hydrogens (primary N) is 1. The molecule has 9 heteroatoms. The van der Waals surface area contributed by atoms with Gasteiger partial charge in [0.05, 0.1) is 34.7 Å². The van der Waals surface area contributed by atoms with Gasteiger partial charge in [0, 0.05) is 11.4 Å². The molecule has 0 saturated heterocycles. The van der Waals surface area contributed by atoms with E-state index in [0.29, 0.717) is 34.0 Å². The lowest BCUT2D eigenvalue weighted by Gasteiger charge is -2.41. The van der Waals surface area contributed by atoms with Gasteiger partial charge in [0.1, 0.15) is 5.69 Å². The van der Waals surface area contributed by atoms with Gasteiger partial charge in [0.25, 0.3) is 5.91 Å². The molecule has 4 N–H and O–H groups in total. The molecular weight excluding hydrogens is 402 g/mol. The van der Waals surface area contributed by atoms with E-state index in [0.717, 1.165) is 24.8 Å². The van der Waals surface area contributed by atoms with Crippen LogP contribution in [0.15, 0.2) is 36.7 Å². The van der Waals surface area contributed by atoms with Gasteiger partial charge in [-0.15, -0.1) is 0 Å². The molecule has 1 aliphatic carbocycles. The first-order valence-electron chi connectivity index (χ1n) is 9.58. The van der Waals surface area contributed by atoms with Crippen LogP contribution in [0.3, 0.4) is 0 Å². The van der Waals surface area contributed by atoms with Gasteiger partial charge < -0.3 is 16.0 Å². The maximum atomic E-state index is 12.8. The molecule has 8 nitrogen and oxygen atoms in total. The second-order valence-electron chi connectivity index (χ2n) is 7.48. The van der Waals surface area contributed by atoms with E-state index in [1.807, 2.05) is 0 Å². The Morgan fingerprint density at radius 2 is 2.23 bits per heavy atom. The highest BCUT2D eigenvalue weighted by atomic mass is 35.5. The number of carbonyl (C=O) groups is 1. The number of benzene rings is 1. The molecule has 0 atom stereocenters. The number of nitrogens with one attached hydrogen (secondary N) is 2. The first-order valence-corrected chi connectivity index (χ1v) is 9.96. The zero-order valence-corrected chi connectivity index (χ0v) is 16.7. The molecule has 3 aromatic heterocycles. The Balaban J connectivity index is 1.34. The minimum atomic E-state index is -0.354. The van der Waals surface area contributed by atoms with E-state index < -0.39 is 0 Å². The summed E-state index contributed by atoms with van der Waals surface area (Å²) in [5.41, 5.74) is 8.78. The van der Waals surface area contributed by atoms with E-state index in [9.17, 15) is 4.79 Å². The predicted octanol–water partition coefficient (Wildman–Crippen LogP) is 2.94. The van der Waals surface area contributed by atoms with Crippen molar-refractivity contribution in [1.82, 2.24) is 29.9 Å².